The maximum atomic E-state index is 12.6. The molecule has 0 aliphatic heterocycles. The summed E-state index contributed by atoms with van der Waals surface area (Å²) < 4.78 is 11.0. The Bertz CT molecular complexity index is 1330. The number of halogens is 1. The Balaban J connectivity index is 1.46. The zero-order valence-electron chi connectivity index (χ0n) is 18.4. The molecule has 0 aliphatic carbocycles. The minimum atomic E-state index is -0.924. The SMILES string of the molecule is Cc1noc(-c2ccc(Cc3ccc(C(=O)O)s3)cc2)c1NC(=O)OC(C)c1ccccc1Cl. The summed E-state index contributed by atoms with van der Waals surface area (Å²) in [6, 6.07) is 18.2. The summed E-state index contributed by atoms with van der Waals surface area (Å²) in [6.07, 6.45) is -0.579. The van der Waals surface area contributed by atoms with Crippen LogP contribution in [0.25, 0.3) is 11.3 Å². The van der Waals surface area contributed by atoms with Gasteiger partial charge in [-0.05, 0) is 37.6 Å². The lowest BCUT2D eigenvalue weighted by molar-refractivity contribution is 0.0702. The molecule has 34 heavy (non-hydrogen) atoms. The van der Waals surface area contributed by atoms with E-state index in [1.165, 1.54) is 11.3 Å². The Morgan fingerprint density at radius 2 is 1.88 bits per heavy atom. The van der Waals surface area contributed by atoms with Crippen molar-refractivity contribution in [3.8, 4) is 11.3 Å². The summed E-state index contributed by atoms with van der Waals surface area (Å²) >= 11 is 7.45. The third-order valence-electron chi connectivity index (χ3n) is 5.18. The van der Waals surface area contributed by atoms with Crippen LogP contribution in [0.3, 0.4) is 0 Å². The van der Waals surface area contributed by atoms with E-state index in [9.17, 15) is 9.59 Å². The van der Waals surface area contributed by atoms with Crippen LogP contribution in [-0.4, -0.2) is 22.3 Å². The van der Waals surface area contributed by atoms with Gasteiger partial charge >= 0.3 is 12.1 Å². The Hall–Kier alpha value is -3.62. The number of nitrogens with zero attached hydrogens (tertiary/aromatic N) is 1. The average molecular weight is 497 g/mol. The highest BCUT2D eigenvalue weighted by Crippen LogP contribution is 2.32. The molecule has 2 aromatic heterocycles. The zero-order valence-corrected chi connectivity index (χ0v) is 19.9. The number of aromatic nitrogens is 1. The number of thiophene rings is 1. The molecule has 174 valence electrons. The van der Waals surface area contributed by atoms with Gasteiger partial charge in [-0.15, -0.1) is 11.3 Å². The van der Waals surface area contributed by atoms with E-state index in [0.717, 1.165) is 16.0 Å². The van der Waals surface area contributed by atoms with Crippen molar-refractivity contribution in [1.82, 2.24) is 5.16 Å². The zero-order chi connectivity index (χ0) is 24.2. The second kappa shape index (κ2) is 10.1. The van der Waals surface area contributed by atoms with Crippen LogP contribution in [0.4, 0.5) is 10.5 Å². The lowest BCUT2D eigenvalue weighted by atomic mass is 10.1. The van der Waals surface area contributed by atoms with Crippen LogP contribution in [0.5, 0.6) is 0 Å². The number of carbonyl (C=O) groups excluding carboxylic acids is 1. The fourth-order valence-electron chi connectivity index (χ4n) is 3.44. The molecule has 1 unspecified atom stereocenters. The highest BCUT2D eigenvalue weighted by atomic mass is 35.5. The number of hydrogen-bond acceptors (Lipinski definition) is 6. The number of nitrogens with one attached hydrogen (secondary N) is 1. The van der Waals surface area contributed by atoms with E-state index in [0.29, 0.717) is 39.0 Å². The van der Waals surface area contributed by atoms with E-state index in [1.54, 1.807) is 32.0 Å². The van der Waals surface area contributed by atoms with Crippen molar-refractivity contribution in [3.05, 3.63) is 92.3 Å². The highest BCUT2D eigenvalue weighted by Gasteiger charge is 2.20. The molecule has 9 heteroatoms. The first-order valence-electron chi connectivity index (χ1n) is 10.4. The first kappa shape index (κ1) is 23.5. The molecule has 0 fully saturated rings. The summed E-state index contributed by atoms with van der Waals surface area (Å²) in [6.45, 7) is 3.47. The Labute approximate surface area is 204 Å². The number of carbonyl (C=O) groups is 2. The largest absolute Gasteiger partial charge is 0.477 e. The molecule has 0 saturated carbocycles. The van der Waals surface area contributed by atoms with Crippen molar-refractivity contribution >= 4 is 40.7 Å². The van der Waals surface area contributed by atoms with Crippen molar-refractivity contribution in [1.29, 1.82) is 0 Å². The van der Waals surface area contributed by atoms with Crippen LogP contribution in [0, 0.1) is 6.92 Å². The molecule has 2 heterocycles. The molecule has 0 saturated heterocycles. The third kappa shape index (κ3) is 5.30. The highest BCUT2D eigenvalue weighted by molar-refractivity contribution is 7.13. The van der Waals surface area contributed by atoms with Gasteiger partial charge in [-0.25, -0.2) is 9.59 Å². The smallest absolute Gasteiger partial charge is 0.412 e. The van der Waals surface area contributed by atoms with Gasteiger partial charge in [0.05, 0.1) is 0 Å². The van der Waals surface area contributed by atoms with Gasteiger partial charge < -0.3 is 14.4 Å². The fraction of sp³-hybridized carbons (Fsp3) is 0.160. The Morgan fingerprint density at radius 3 is 2.56 bits per heavy atom. The van der Waals surface area contributed by atoms with Gasteiger partial charge in [0.25, 0.3) is 0 Å². The average Bonchev–Trinajstić information content (AvgIpc) is 3.42. The van der Waals surface area contributed by atoms with E-state index in [4.69, 9.17) is 26.0 Å². The molecule has 1 amide bonds. The molecule has 0 radical (unpaired) electrons. The molecule has 2 N–H and O–H groups in total. The first-order valence-corrected chi connectivity index (χ1v) is 11.6. The van der Waals surface area contributed by atoms with Crippen LogP contribution in [0.15, 0.2) is 65.2 Å². The quantitative estimate of drug-likeness (QED) is 0.286. The van der Waals surface area contributed by atoms with Crippen LogP contribution < -0.4 is 5.32 Å². The Kier molecular flexibility index (Phi) is 7.00. The fourth-order valence-corrected chi connectivity index (χ4v) is 4.61. The second-order valence-electron chi connectivity index (χ2n) is 7.61. The lowest BCUT2D eigenvalue weighted by Crippen LogP contribution is -2.17. The number of hydrogen-bond donors (Lipinski definition) is 2. The monoisotopic (exact) mass is 496 g/mol. The van der Waals surface area contributed by atoms with Crippen molar-refractivity contribution in [2.24, 2.45) is 0 Å². The third-order valence-corrected chi connectivity index (χ3v) is 6.60. The second-order valence-corrected chi connectivity index (χ2v) is 9.19. The van der Waals surface area contributed by atoms with Crippen molar-refractivity contribution in [2.75, 3.05) is 5.32 Å². The van der Waals surface area contributed by atoms with Crippen LogP contribution >= 0.6 is 22.9 Å². The summed E-state index contributed by atoms with van der Waals surface area (Å²) in [4.78, 5) is 24.9. The minimum Gasteiger partial charge on any atom is -0.477 e. The van der Waals surface area contributed by atoms with Crippen molar-refractivity contribution < 1.29 is 24.0 Å². The molecule has 0 bridgehead atoms. The van der Waals surface area contributed by atoms with Crippen molar-refractivity contribution in [2.45, 2.75) is 26.4 Å². The van der Waals surface area contributed by atoms with Crippen LogP contribution in [0.1, 0.15) is 44.4 Å². The molecule has 4 aromatic rings. The maximum absolute atomic E-state index is 12.6. The van der Waals surface area contributed by atoms with Gasteiger partial charge in [0.2, 0.25) is 0 Å². The normalized spacial score (nSPS) is 11.7. The number of aromatic carboxylic acids is 1. The topological polar surface area (TPSA) is 102 Å². The number of anilines is 1. The summed E-state index contributed by atoms with van der Waals surface area (Å²) in [5.41, 5.74) is 3.39. The van der Waals surface area contributed by atoms with E-state index < -0.39 is 18.2 Å². The predicted molar refractivity (Wildman–Crippen MR) is 131 cm³/mol. The molecule has 2 aromatic carbocycles. The molecular formula is C25H21ClN2O5S. The number of carboxylic acids is 1. The molecule has 0 aliphatic rings. The van der Waals surface area contributed by atoms with E-state index in [1.807, 2.05) is 42.5 Å². The molecular weight excluding hydrogens is 476 g/mol. The summed E-state index contributed by atoms with van der Waals surface area (Å²) in [5, 5.41) is 16.3. The van der Waals surface area contributed by atoms with Gasteiger partial charge in [0.15, 0.2) is 5.76 Å². The minimum absolute atomic E-state index is 0.315. The summed E-state index contributed by atoms with van der Waals surface area (Å²) in [7, 11) is 0. The van der Waals surface area contributed by atoms with Gasteiger partial charge in [-0.1, -0.05) is 59.2 Å². The number of ether oxygens (including phenoxy) is 1. The van der Waals surface area contributed by atoms with E-state index in [2.05, 4.69) is 10.5 Å². The van der Waals surface area contributed by atoms with Crippen molar-refractivity contribution in [3.63, 3.8) is 0 Å². The molecule has 1 atom stereocenters. The molecule has 7 nitrogen and oxygen atoms in total. The van der Waals surface area contributed by atoms with Gasteiger partial charge in [-0.3, -0.25) is 5.32 Å². The summed E-state index contributed by atoms with van der Waals surface area (Å²) in [5.74, 6) is -0.511. The number of carboxylic acid groups (broad SMARTS) is 1. The maximum Gasteiger partial charge on any atom is 0.412 e. The Morgan fingerprint density at radius 1 is 1.15 bits per heavy atom. The van der Waals surface area contributed by atoms with E-state index in [-0.39, 0.29) is 0 Å². The van der Waals surface area contributed by atoms with Gasteiger partial charge in [-0.2, -0.15) is 0 Å². The molecule has 4 rings (SSSR count). The van der Waals surface area contributed by atoms with Gasteiger partial charge in [0, 0.05) is 27.4 Å². The van der Waals surface area contributed by atoms with E-state index >= 15 is 0 Å². The number of amides is 1. The number of aryl methyl sites for hydroxylation is 1. The first-order chi connectivity index (χ1) is 16.3. The van der Waals surface area contributed by atoms with Crippen LogP contribution in [-0.2, 0) is 11.2 Å². The molecule has 0 spiro atoms. The lowest BCUT2D eigenvalue weighted by Gasteiger charge is -2.15. The predicted octanol–water partition coefficient (Wildman–Crippen LogP) is 6.96. The number of rotatable bonds is 7. The standard InChI is InChI=1S/C25H21ClN2O5S/c1-14-22(27-25(31)32-15(2)19-5-3-4-6-20(19)26)23(33-28-14)17-9-7-16(8-10-17)13-18-11-12-21(34-18)24(29)30/h3-12,15H,13H2,1-2H3,(H,27,31)(H,29,30). The van der Waals surface area contributed by atoms with Crippen LogP contribution in [0.2, 0.25) is 5.02 Å². The van der Waals surface area contributed by atoms with Gasteiger partial charge in [0.1, 0.15) is 22.4 Å². The number of benzene rings is 2.